The fourth-order valence-corrected chi connectivity index (χ4v) is 2.74. The largest absolute Gasteiger partial charge is 0.483 e. The van der Waals surface area contributed by atoms with Gasteiger partial charge in [0, 0.05) is 15.6 Å². The summed E-state index contributed by atoms with van der Waals surface area (Å²) < 4.78 is 11.7. The SMILES string of the molecule is C/C(=N/NC(=O)COc1ccc(Br)cc1-c1ccno1)c1ccc(Cl)cc1. The number of ether oxygens (including phenoxy) is 1. The Morgan fingerprint density at radius 3 is 2.74 bits per heavy atom. The van der Waals surface area contributed by atoms with Crippen LogP contribution in [0.3, 0.4) is 0 Å². The summed E-state index contributed by atoms with van der Waals surface area (Å²) in [6.45, 7) is 1.60. The van der Waals surface area contributed by atoms with Gasteiger partial charge in [-0.05, 0) is 42.8 Å². The van der Waals surface area contributed by atoms with Gasteiger partial charge < -0.3 is 9.26 Å². The van der Waals surface area contributed by atoms with Crippen LogP contribution in [-0.4, -0.2) is 23.4 Å². The second kappa shape index (κ2) is 8.83. The molecule has 138 valence electrons. The first-order chi connectivity index (χ1) is 13.0. The van der Waals surface area contributed by atoms with E-state index in [0.717, 1.165) is 10.0 Å². The van der Waals surface area contributed by atoms with Crippen LogP contribution in [0.15, 0.2) is 68.8 Å². The molecule has 0 spiro atoms. The fourth-order valence-electron chi connectivity index (χ4n) is 2.25. The summed E-state index contributed by atoms with van der Waals surface area (Å²) in [6.07, 6.45) is 1.54. The number of benzene rings is 2. The number of hydrogen-bond acceptors (Lipinski definition) is 5. The van der Waals surface area contributed by atoms with E-state index >= 15 is 0 Å². The van der Waals surface area contributed by atoms with Gasteiger partial charge in [0.2, 0.25) is 0 Å². The molecule has 2 aromatic carbocycles. The molecule has 8 heteroatoms. The lowest BCUT2D eigenvalue weighted by molar-refractivity contribution is -0.123. The Morgan fingerprint density at radius 1 is 1.26 bits per heavy atom. The summed E-state index contributed by atoms with van der Waals surface area (Å²) in [4.78, 5) is 12.1. The minimum absolute atomic E-state index is 0.194. The van der Waals surface area contributed by atoms with Gasteiger partial charge in [-0.25, -0.2) is 5.43 Å². The quantitative estimate of drug-likeness (QED) is 0.439. The minimum Gasteiger partial charge on any atom is -0.483 e. The second-order valence-electron chi connectivity index (χ2n) is 5.54. The zero-order chi connectivity index (χ0) is 19.2. The Morgan fingerprint density at radius 2 is 2.04 bits per heavy atom. The molecule has 0 aliphatic carbocycles. The van der Waals surface area contributed by atoms with Crippen LogP contribution in [0, 0.1) is 0 Å². The van der Waals surface area contributed by atoms with Crippen LogP contribution in [0.2, 0.25) is 5.02 Å². The van der Waals surface area contributed by atoms with E-state index in [4.69, 9.17) is 20.9 Å². The molecule has 1 aromatic heterocycles. The predicted octanol–water partition coefficient (Wildman–Crippen LogP) is 4.68. The van der Waals surface area contributed by atoms with E-state index in [-0.39, 0.29) is 12.5 Å². The van der Waals surface area contributed by atoms with Crippen LogP contribution in [0.4, 0.5) is 0 Å². The normalized spacial score (nSPS) is 11.3. The number of amides is 1. The monoisotopic (exact) mass is 447 g/mol. The lowest BCUT2D eigenvalue weighted by atomic mass is 10.1. The van der Waals surface area contributed by atoms with E-state index in [1.54, 1.807) is 37.4 Å². The third-order valence-electron chi connectivity index (χ3n) is 3.61. The molecule has 1 amide bonds. The number of hydrazone groups is 1. The average molecular weight is 449 g/mol. The summed E-state index contributed by atoms with van der Waals surface area (Å²) in [5.74, 6) is 0.668. The van der Waals surface area contributed by atoms with Gasteiger partial charge in [-0.2, -0.15) is 5.10 Å². The Balaban J connectivity index is 1.63. The van der Waals surface area contributed by atoms with E-state index in [1.807, 2.05) is 24.3 Å². The summed E-state index contributed by atoms with van der Waals surface area (Å²) in [6, 6.07) is 14.3. The van der Waals surface area contributed by atoms with Crippen molar-refractivity contribution in [2.75, 3.05) is 6.61 Å². The standard InChI is InChI=1S/C19H15BrClN3O3/c1-12(13-2-5-15(21)6-3-13)23-24-19(25)11-26-17-7-4-14(20)10-16(17)18-8-9-22-27-18/h2-10H,11H2,1H3,(H,24,25)/b23-12-. The van der Waals surface area contributed by atoms with Crippen LogP contribution in [-0.2, 0) is 4.79 Å². The van der Waals surface area contributed by atoms with Crippen molar-refractivity contribution in [3.8, 4) is 17.1 Å². The molecule has 0 aliphatic heterocycles. The molecule has 0 atom stereocenters. The van der Waals surface area contributed by atoms with Gasteiger partial charge in [0.25, 0.3) is 5.91 Å². The fraction of sp³-hybridized carbons (Fsp3) is 0.105. The van der Waals surface area contributed by atoms with Crippen molar-refractivity contribution in [3.63, 3.8) is 0 Å². The summed E-state index contributed by atoms with van der Waals surface area (Å²) in [5.41, 5.74) is 4.69. The highest BCUT2D eigenvalue weighted by Crippen LogP contribution is 2.32. The van der Waals surface area contributed by atoms with Gasteiger partial charge in [0.15, 0.2) is 12.4 Å². The maximum Gasteiger partial charge on any atom is 0.277 e. The third kappa shape index (κ3) is 5.18. The van der Waals surface area contributed by atoms with E-state index in [2.05, 4.69) is 31.6 Å². The highest BCUT2D eigenvalue weighted by molar-refractivity contribution is 9.10. The average Bonchev–Trinajstić information content (AvgIpc) is 3.20. The molecule has 27 heavy (non-hydrogen) atoms. The van der Waals surface area contributed by atoms with E-state index in [1.165, 1.54) is 0 Å². The molecule has 1 N–H and O–H groups in total. The first-order valence-corrected chi connectivity index (χ1v) is 9.12. The molecule has 3 rings (SSSR count). The zero-order valence-electron chi connectivity index (χ0n) is 14.3. The smallest absolute Gasteiger partial charge is 0.277 e. The van der Waals surface area contributed by atoms with Crippen molar-refractivity contribution >= 4 is 39.1 Å². The first-order valence-electron chi connectivity index (χ1n) is 7.95. The van der Waals surface area contributed by atoms with Crippen molar-refractivity contribution in [3.05, 3.63) is 69.8 Å². The number of rotatable bonds is 6. The van der Waals surface area contributed by atoms with Crippen molar-refractivity contribution < 1.29 is 14.1 Å². The zero-order valence-corrected chi connectivity index (χ0v) is 16.6. The molecule has 6 nitrogen and oxygen atoms in total. The summed E-state index contributed by atoms with van der Waals surface area (Å²) in [5, 5.41) is 8.42. The summed E-state index contributed by atoms with van der Waals surface area (Å²) >= 11 is 9.27. The van der Waals surface area contributed by atoms with Gasteiger partial charge in [-0.15, -0.1) is 0 Å². The number of nitrogens with one attached hydrogen (secondary N) is 1. The van der Waals surface area contributed by atoms with Crippen LogP contribution >= 0.6 is 27.5 Å². The Kier molecular flexibility index (Phi) is 6.26. The Bertz CT molecular complexity index is 957. The lowest BCUT2D eigenvalue weighted by Gasteiger charge is -2.10. The van der Waals surface area contributed by atoms with Crippen molar-refractivity contribution in [2.24, 2.45) is 5.10 Å². The van der Waals surface area contributed by atoms with Crippen LogP contribution < -0.4 is 10.2 Å². The highest BCUT2D eigenvalue weighted by Gasteiger charge is 2.12. The number of carbonyl (C=O) groups excluding carboxylic acids is 1. The lowest BCUT2D eigenvalue weighted by Crippen LogP contribution is -2.25. The Labute approximate surface area is 169 Å². The highest BCUT2D eigenvalue weighted by atomic mass is 79.9. The summed E-state index contributed by atoms with van der Waals surface area (Å²) in [7, 11) is 0. The maximum atomic E-state index is 12.1. The minimum atomic E-state index is -0.380. The van der Waals surface area contributed by atoms with E-state index in [9.17, 15) is 4.79 Å². The molecule has 0 saturated carbocycles. The molecule has 0 fully saturated rings. The van der Waals surface area contributed by atoms with Crippen molar-refractivity contribution in [1.82, 2.24) is 10.6 Å². The van der Waals surface area contributed by atoms with Gasteiger partial charge in [-0.3, -0.25) is 4.79 Å². The molecule has 0 bridgehead atoms. The van der Waals surface area contributed by atoms with Crippen LogP contribution in [0.5, 0.6) is 5.75 Å². The number of aromatic nitrogens is 1. The molecule has 0 unspecified atom stereocenters. The van der Waals surface area contributed by atoms with Crippen LogP contribution in [0.1, 0.15) is 12.5 Å². The van der Waals surface area contributed by atoms with E-state index < -0.39 is 0 Å². The van der Waals surface area contributed by atoms with Gasteiger partial charge >= 0.3 is 0 Å². The topological polar surface area (TPSA) is 76.7 Å². The third-order valence-corrected chi connectivity index (χ3v) is 4.36. The number of carbonyl (C=O) groups is 1. The molecule has 0 saturated heterocycles. The van der Waals surface area contributed by atoms with Crippen molar-refractivity contribution in [1.29, 1.82) is 0 Å². The first kappa shape index (κ1) is 19.1. The molecule has 3 aromatic rings. The van der Waals surface area contributed by atoms with Gasteiger partial charge in [0.05, 0.1) is 17.5 Å². The predicted molar refractivity (Wildman–Crippen MR) is 107 cm³/mol. The van der Waals surface area contributed by atoms with Gasteiger partial charge in [-0.1, -0.05) is 44.8 Å². The Hall–Kier alpha value is -2.64. The van der Waals surface area contributed by atoms with Crippen LogP contribution in [0.25, 0.3) is 11.3 Å². The molecule has 0 radical (unpaired) electrons. The molecular formula is C19H15BrClN3O3. The van der Waals surface area contributed by atoms with E-state index in [0.29, 0.717) is 27.8 Å². The molecular weight excluding hydrogens is 434 g/mol. The number of hydrogen-bond donors (Lipinski definition) is 1. The van der Waals surface area contributed by atoms with Gasteiger partial charge in [0.1, 0.15) is 5.75 Å². The molecule has 1 heterocycles. The number of halogens is 2. The number of nitrogens with zero attached hydrogens (tertiary/aromatic N) is 2. The second-order valence-corrected chi connectivity index (χ2v) is 6.90. The molecule has 0 aliphatic rings. The van der Waals surface area contributed by atoms with Crippen molar-refractivity contribution in [2.45, 2.75) is 6.92 Å². The maximum absolute atomic E-state index is 12.1.